The molecule has 0 bridgehead atoms. The zero-order chi connectivity index (χ0) is 16.8. The van der Waals surface area contributed by atoms with Crippen LogP contribution in [0.3, 0.4) is 0 Å². The van der Waals surface area contributed by atoms with E-state index in [0.717, 1.165) is 5.56 Å². The predicted octanol–water partition coefficient (Wildman–Crippen LogP) is 3.36. The number of benzene rings is 2. The smallest absolute Gasteiger partial charge is 0.265 e. The molecule has 0 aliphatic carbocycles. The molecule has 5 nitrogen and oxygen atoms in total. The SMILES string of the molecule is CC(=O)Nc1cccc(NC(=O)[C@H](C)Oc2ccc(C)cc2)c1. The standard InChI is InChI=1S/C18H20N2O3/c1-12-7-9-17(10-8-12)23-13(2)18(22)20-16-6-4-5-15(11-16)19-14(3)21/h4-11,13H,1-3H3,(H,19,21)(H,20,22)/t13-/m0/s1. The van der Waals surface area contributed by atoms with Crippen LogP contribution in [0.15, 0.2) is 48.5 Å². The van der Waals surface area contributed by atoms with Crippen LogP contribution in [0.25, 0.3) is 0 Å². The van der Waals surface area contributed by atoms with E-state index >= 15 is 0 Å². The second-order valence-corrected chi connectivity index (χ2v) is 5.32. The molecule has 0 heterocycles. The number of anilines is 2. The molecule has 2 N–H and O–H groups in total. The van der Waals surface area contributed by atoms with E-state index in [1.165, 1.54) is 6.92 Å². The van der Waals surface area contributed by atoms with Gasteiger partial charge < -0.3 is 15.4 Å². The molecule has 2 aromatic carbocycles. The van der Waals surface area contributed by atoms with E-state index in [2.05, 4.69) is 10.6 Å². The van der Waals surface area contributed by atoms with Gasteiger partial charge in [0.2, 0.25) is 5.91 Å². The van der Waals surface area contributed by atoms with Crippen LogP contribution in [-0.4, -0.2) is 17.9 Å². The number of amides is 2. The molecule has 0 fully saturated rings. The molecule has 0 unspecified atom stereocenters. The Labute approximate surface area is 135 Å². The summed E-state index contributed by atoms with van der Waals surface area (Å²) in [5.41, 5.74) is 2.35. The Bertz CT molecular complexity index is 696. The van der Waals surface area contributed by atoms with Crippen molar-refractivity contribution in [3.63, 3.8) is 0 Å². The zero-order valence-corrected chi connectivity index (χ0v) is 13.4. The third kappa shape index (κ3) is 5.14. The topological polar surface area (TPSA) is 67.4 Å². The van der Waals surface area contributed by atoms with E-state index < -0.39 is 6.10 Å². The Morgan fingerprint density at radius 3 is 2.22 bits per heavy atom. The Balaban J connectivity index is 1.97. The first-order valence-corrected chi connectivity index (χ1v) is 7.36. The molecule has 0 saturated carbocycles. The van der Waals surface area contributed by atoms with Crippen molar-refractivity contribution in [1.29, 1.82) is 0 Å². The maximum absolute atomic E-state index is 12.2. The summed E-state index contributed by atoms with van der Waals surface area (Å²) in [5.74, 6) is 0.223. The zero-order valence-electron chi connectivity index (χ0n) is 13.4. The van der Waals surface area contributed by atoms with E-state index in [1.54, 1.807) is 31.2 Å². The minimum absolute atomic E-state index is 0.162. The first-order valence-electron chi connectivity index (χ1n) is 7.36. The van der Waals surface area contributed by atoms with Gasteiger partial charge in [-0.25, -0.2) is 0 Å². The first-order chi connectivity index (χ1) is 10.9. The van der Waals surface area contributed by atoms with Crippen LogP contribution in [0.1, 0.15) is 19.4 Å². The molecule has 0 aromatic heterocycles. The van der Waals surface area contributed by atoms with Crippen molar-refractivity contribution < 1.29 is 14.3 Å². The Kier molecular flexibility index (Phi) is 5.36. The number of rotatable bonds is 5. The highest BCUT2D eigenvalue weighted by molar-refractivity contribution is 5.95. The fourth-order valence-electron chi connectivity index (χ4n) is 2.00. The fourth-order valence-corrected chi connectivity index (χ4v) is 2.00. The number of hydrogen-bond acceptors (Lipinski definition) is 3. The van der Waals surface area contributed by atoms with Crippen LogP contribution < -0.4 is 15.4 Å². The van der Waals surface area contributed by atoms with Gasteiger partial charge in [0, 0.05) is 18.3 Å². The normalized spacial score (nSPS) is 11.4. The highest BCUT2D eigenvalue weighted by Gasteiger charge is 2.15. The number of carbonyl (C=O) groups is 2. The Morgan fingerprint density at radius 1 is 1.00 bits per heavy atom. The van der Waals surface area contributed by atoms with Crippen LogP contribution in [0.4, 0.5) is 11.4 Å². The summed E-state index contributed by atoms with van der Waals surface area (Å²) in [6.45, 7) is 5.11. The summed E-state index contributed by atoms with van der Waals surface area (Å²) in [6, 6.07) is 14.5. The van der Waals surface area contributed by atoms with Crippen molar-refractivity contribution in [2.45, 2.75) is 26.9 Å². The Hall–Kier alpha value is -2.82. The van der Waals surface area contributed by atoms with Gasteiger partial charge in [0.05, 0.1) is 0 Å². The van der Waals surface area contributed by atoms with Crippen molar-refractivity contribution in [3.8, 4) is 5.75 Å². The van der Waals surface area contributed by atoms with Crippen molar-refractivity contribution in [2.24, 2.45) is 0 Å². The molecule has 5 heteroatoms. The summed E-state index contributed by atoms with van der Waals surface area (Å²) in [5, 5.41) is 5.44. The highest BCUT2D eigenvalue weighted by Crippen LogP contribution is 2.17. The third-order valence-corrected chi connectivity index (χ3v) is 3.15. The summed E-state index contributed by atoms with van der Waals surface area (Å²) in [4.78, 5) is 23.3. The Morgan fingerprint density at radius 2 is 1.61 bits per heavy atom. The van der Waals surface area contributed by atoms with Gasteiger partial charge in [-0.05, 0) is 44.2 Å². The minimum atomic E-state index is -0.637. The number of ether oxygens (including phenoxy) is 1. The molecular weight excluding hydrogens is 292 g/mol. The summed E-state index contributed by atoms with van der Waals surface area (Å²) < 4.78 is 5.62. The van der Waals surface area contributed by atoms with Crippen LogP contribution in [-0.2, 0) is 9.59 Å². The molecule has 0 aliphatic heterocycles. The van der Waals surface area contributed by atoms with Gasteiger partial charge >= 0.3 is 0 Å². The van der Waals surface area contributed by atoms with Gasteiger partial charge in [-0.1, -0.05) is 23.8 Å². The average molecular weight is 312 g/mol. The molecule has 0 saturated heterocycles. The molecule has 2 aromatic rings. The van der Waals surface area contributed by atoms with Crippen LogP contribution in [0, 0.1) is 6.92 Å². The fraction of sp³-hybridized carbons (Fsp3) is 0.222. The predicted molar refractivity (Wildman–Crippen MR) is 90.6 cm³/mol. The molecule has 1 atom stereocenters. The van der Waals surface area contributed by atoms with Gasteiger partial charge in [0.1, 0.15) is 5.75 Å². The van der Waals surface area contributed by atoms with Crippen LogP contribution in [0.5, 0.6) is 5.75 Å². The largest absolute Gasteiger partial charge is 0.481 e. The summed E-state index contributed by atoms with van der Waals surface area (Å²) >= 11 is 0. The lowest BCUT2D eigenvalue weighted by molar-refractivity contribution is -0.122. The van der Waals surface area contributed by atoms with E-state index in [9.17, 15) is 9.59 Å². The first kappa shape index (κ1) is 16.5. The number of aryl methyl sites for hydroxylation is 1. The van der Waals surface area contributed by atoms with Crippen molar-refractivity contribution in [2.75, 3.05) is 10.6 Å². The van der Waals surface area contributed by atoms with Crippen LogP contribution in [0.2, 0.25) is 0 Å². The summed E-state index contributed by atoms with van der Waals surface area (Å²) in [7, 11) is 0. The molecule has 2 amide bonds. The molecule has 23 heavy (non-hydrogen) atoms. The second kappa shape index (κ2) is 7.45. The van der Waals surface area contributed by atoms with Crippen molar-refractivity contribution in [1.82, 2.24) is 0 Å². The van der Waals surface area contributed by atoms with Gasteiger partial charge in [0.25, 0.3) is 5.91 Å². The molecule has 120 valence electrons. The highest BCUT2D eigenvalue weighted by atomic mass is 16.5. The van der Waals surface area contributed by atoms with Gasteiger partial charge in [-0.15, -0.1) is 0 Å². The molecule has 0 aliphatic rings. The lowest BCUT2D eigenvalue weighted by Crippen LogP contribution is -2.30. The molecule has 2 rings (SSSR count). The maximum Gasteiger partial charge on any atom is 0.265 e. The van der Waals surface area contributed by atoms with Gasteiger partial charge in [0.15, 0.2) is 6.10 Å². The quantitative estimate of drug-likeness (QED) is 0.889. The van der Waals surface area contributed by atoms with E-state index in [0.29, 0.717) is 17.1 Å². The average Bonchev–Trinajstić information content (AvgIpc) is 2.49. The number of carbonyl (C=O) groups excluding carboxylic acids is 2. The third-order valence-electron chi connectivity index (χ3n) is 3.15. The number of hydrogen-bond donors (Lipinski definition) is 2. The van der Waals surface area contributed by atoms with E-state index in [4.69, 9.17) is 4.74 Å². The van der Waals surface area contributed by atoms with Crippen molar-refractivity contribution >= 4 is 23.2 Å². The van der Waals surface area contributed by atoms with E-state index in [-0.39, 0.29) is 11.8 Å². The molecule has 0 radical (unpaired) electrons. The lowest BCUT2D eigenvalue weighted by Gasteiger charge is -2.15. The second-order valence-electron chi connectivity index (χ2n) is 5.32. The van der Waals surface area contributed by atoms with Gasteiger partial charge in [-0.3, -0.25) is 9.59 Å². The van der Waals surface area contributed by atoms with Gasteiger partial charge in [-0.2, -0.15) is 0 Å². The number of nitrogens with one attached hydrogen (secondary N) is 2. The van der Waals surface area contributed by atoms with E-state index in [1.807, 2.05) is 31.2 Å². The minimum Gasteiger partial charge on any atom is -0.481 e. The molecular formula is C18H20N2O3. The maximum atomic E-state index is 12.2. The lowest BCUT2D eigenvalue weighted by atomic mass is 10.2. The van der Waals surface area contributed by atoms with Crippen molar-refractivity contribution in [3.05, 3.63) is 54.1 Å². The molecule has 0 spiro atoms. The van der Waals surface area contributed by atoms with Crippen LogP contribution >= 0.6 is 0 Å². The summed E-state index contributed by atoms with van der Waals surface area (Å²) in [6.07, 6.45) is -0.637. The monoisotopic (exact) mass is 312 g/mol.